The third kappa shape index (κ3) is 2.00. The molecule has 1 unspecified atom stereocenters. The highest BCUT2D eigenvalue weighted by molar-refractivity contribution is 5.85. The number of aromatic nitrogens is 3. The molecule has 0 spiro atoms. The maximum Gasteiger partial charge on any atom is 0.115 e. The molecule has 0 aliphatic rings. The lowest BCUT2D eigenvalue weighted by molar-refractivity contribution is 0.780. The molecule has 19 heavy (non-hydrogen) atoms. The Bertz CT molecular complexity index is 688. The van der Waals surface area contributed by atoms with E-state index in [1.54, 1.807) is 12.5 Å². The van der Waals surface area contributed by atoms with Crippen LogP contribution in [0.4, 0.5) is 0 Å². The van der Waals surface area contributed by atoms with Crippen molar-refractivity contribution in [3.8, 4) is 0 Å². The Morgan fingerprint density at radius 3 is 2.84 bits per heavy atom. The number of fused-ring (bicyclic) bond motifs is 1. The Morgan fingerprint density at radius 2 is 2.11 bits per heavy atom. The Labute approximate surface area is 111 Å². The molecular formula is C15H16N4. The van der Waals surface area contributed by atoms with Gasteiger partial charge in [-0.1, -0.05) is 18.2 Å². The first-order valence-corrected chi connectivity index (χ1v) is 6.34. The maximum atomic E-state index is 5.98. The minimum absolute atomic E-state index is 0.0964. The van der Waals surface area contributed by atoms with Crippen LogP contribution in [-0.4, -0.2) is 21.5 Å². The zero-order chi connectivity index (χ0) is 13.2. The average Bonchev–Trinajstić information content (AvgIpc) is 2.78. The van der Waals surface area contributed by atoms with Gasteiger partial charge in [0.05, 0.1) is 5.69 Å². The number of rotatable bonds is 3. The van der Waals surface area contributed by atoms with E-state index in [1.165, 1.54) is 10.9 Å². The molecule has 4 heteroatoms. The summed E-state index contributed by atoms with van der Waals surface area (Å²) in [4.78, 5) is 11.7. The van der Waals surface area contributed by atoms with Crippen LogP contribution >= 0.6 is 0 Å². The predicted octanol–water partition coefficient (Wildman–Crippen LogP) is 2.36. The van der Waals surface area contributed by atoms with Crippen molar-refractivity contribution >= 4 is 10.9 Å². The summed E-state index contributed by atoms with van der Waals surface area (Å²) in [5.41, 5.74) is 10.5. The highest BCUT2D eigenvalue weighted by Gasteiger charge is 2.20. The van der Waals surface area contributed by atoms with E-state index in [0.717, 1.165) is 16.9 Å². The molecule has 3 N–H and O–H groups in total. The van der Waals surface area contributed by atoms with Gasteiger partial charge in [-0.15, -0.1) is 0 Å². The van der Waals surface area contributed by atoms with E-state index < -0.39 is 0 Å². The number of nitrogens with one attached hydrogen (secondary N) is 1. The number of hydrogen-bond donors (Lipinski definition) is 2. The fourth-order valence-electron chi connectivity index (χ4n) is 2.64. The summed E-state index contributed by atoms with van der Waals surface area (Å²) in [5, 5.41) is 1.22. The molecule has 0 saturated carbocycles. The summed E-state index contributed by atoms with van der Waals surface area (Å²) < 4.78 is 0. The quantitative estimate of drug-likeness (QED) is 0.752. The van der Waals surface area contributed by atoms with Crippen molar-refractivity contribution in [1.82, 2.24) is 15.0 Å². The summed E-state index contributed by atoms with van der Waals surface area (Å²) in [7, 11) is 0. The lowest BCUT2D eigenvalue weighted by atomic mass is 9.93. The molecule has 4 nitrogen and oxygen atoms in total. The first kappa shape index (κ1) is 11.9. The van der Waals surface area contributed by atoms with Crippen molar-refractivity contribution in [1.29, 1.82) is 0 Å². The molecular weight excluding hydrogens is 236 g/mol. The summed E-state index contributed by atoms with van der Waals surface area (Å²) in [6.45, 7) is 2.61. The molecule has 0 aliphatic heterocycles. The number of hydrogen-bond acceptors (Lipinski definition) is 3. The highest BCUT2D eigenvalue weighted by atomic mass is 14.8. The molecule has 3 aromatic rings. The van der Waals surface area contributed by atoms with Gasteiger partial charge in [0.1, 0.15) is 6.33 Å². The number of nitrogens with zero attached hydrogens (tertiary/aromatic N) is 2. The summed E-state index contributed by atoms with van der Waals surface area (Å²) in [5.74, 6) is 0.0964. The van der Waals surface area contributed by atoms with E-state index >= 15 is 0 Å². The van der Waals surface area contributed by atoms with Crippen LogP contribution in [0.25, 0.3) is 10.9 Å². The number of H-pyrrole nitrogens is 1. The van der Waals surface area contributed by atoms with Gasteiger partial charge in [-0.25, -0.2) is 9.97 Å². The van der Waals surface area contributed by atoms with E-state index in [9.17, 15) is 0 Å². The van der Waals surface area contributed by atoms with Gasteiger partial charge in [-0.05, 0) is 24.6 Å². The summed E-state index contributed by atoms with van der Waals surface area (Å²) in [6.07, 6.45) is 3.33. The Morgan fingerprint density at radius 1 is 1.26 bits per heavy atom. The fraction of sp³-hybridized carbons (Fsp3) is 0.200. The van der Waals surface area contributed by atoms with Crippen molar-refractivity contribution in [2.24, 2.45) is 5.73 Å². The van der Waals surface area contributed by atoms with Crippen molar-refractivity contribution in [3.63, 3.8) is 0 Å². The third-order valence-corrected chi connectivity index (χ3v) is 3.49. The van der Waals surface area contributed by atoms with Crippen LogP contribution in [-0.2, 0) is 0 Å². The van der Waals surface area contributed by atoms with Gasteiger partial charge < -0.3 is 10.7 Å². The smallest absolute Gasteiger partial charge is 0.115 e. The Hall–Kier alpha value is -2.20. The van der Waals surface area contributed by atoms with Gasteiger partial charge in [0, 0.05) is 35.3 Å². The molecule has 0 aliphatic carbocycles. The van der Waals surface area contributed by atoms with Crippen LogP contribution in [0.5, 0.6) is 0 Å². The fourth-order valence-corrected chi connectivity index (χ4v) is 2.64. The molecule has 96 valence electrons. The molecule has 0 fully saturated rings. The zero-order valence-electron chi connectivity index (χ0n) is 10.8. The van der Waals surface area contributed by atoms with E-state index in [4.69, 9.17) is 5.73 Å². The van der Waals surface area contributed by atoms with Crippen LogP contribution in [0.2, 0.25) is 0 Å². The highest BCUT2D eigenvalue weighted by Crippen LogP contribution is 2.31. The largest absolute Gasteiger partial charge is 0.358 e. The van der Waals surface area contributed by atoms with Gasteiger partial charge in [-0.2, -0.15) is 0 Å². The lowest BCUT2D eigenvalue weighted by Crippen LogP contribution is -2.15. The second kappa shape index (κ2) is 4.82. The molecule has 3 rings (SSSR count). The predicted molar refractivity (Wildman–Crippen MR) is 76.0 cm³/mol. The molecule has 0 bridgehead atoms. The molecule has 1 aromatic carbocycles. The van der Waals surface area contributed by atoms with E-state index in [-0.39, 0.29) is 5.92 Å². The van der Waals surface area contributed by atoms with Crippen molar-refractivity contribution < 1.29 is 0 Å². The molecule has 0 radical (unpaired) electrons. The first-order chi connectivity index (χ1) is 9.31. The average molecular weight is 252 g/mol. The van der Waals surface area contributed by atoms with Gasteiger partial charge >= 0.3 is 0 Å². The molecule has 2 heterocycles. The standard InChI is InChI=1S/C15H16N4/c1-10-15(11-4-2-3-5-14(11)19-10)12(8-16)13-6-7-17-9-18-13/h2-7,9,12,19H,8,16H2,1H3. The Balaban J connectivity index is 2.19. The van der Waals surface area contributed by atoms with Gasteiger partial charge in [0.15, 0.2) is 0 Å². The van der Waals surface area contributed by atoms with E-state index in [0.29, 0.717) is 6.54 Å². The third-order valence-electron chi connectivity index (χ3n) is 3.49. The minimum Gasteiger partial charge on any atom is -0.358 e. The number of nitrogens with two attached hydrogens (primary N) is 1. The topological polar surface area (TPSA) is 67.6 Å². The van der Waals surface area contributed by atoms with Crippen LogP contribution in [0.15, 0.2) is 42.9 Å². The van der Waals surface area contributed by atoms with Gasteiger partial charge in [0.25, 0.3) is 0 Å². The minimum atomic E-state index is 0.0964. The monoisotopic (exact) mass is 252 g/mol. The number of para-hydroxylation sites is 1. The van der Waals surface area contributed by atoms with Crippen LogP contribution in [0.3, 0.4) is 0 Å². The second-order valence-electron chi connectivity index (χ2n) is 4.63. The van der Waals surface area contributed by atoms with Crippen molar-refractivity contribution in [3.05, 3.63) is 59.8 Å². The van der Waals surface area contributed by atoms with Crippen LogP contribution in [0.1, 0.15) is 22.9 Å². The maximum absolute atomic E-state index is 5.98. The second-order valence-corrected chi connectivity index (χ2v) is 4.63. The lowest BCUT2D eigenvalue weighted by Gasteiger charge is -2.14. The Kier molecular flexibility index (Phi) is 3.01. The van der Waals surface area contributed by atoms with E-state index in [1.807, 2.05) is 18.2 Å². The summed E-state index contributed by atoms with van der Waals surface area (Å²) >= 11 is 0. The molecule has 0 saturated heterocycles. The summed E-state index contributed by atoms with van der Waals surface area (Å²) in [6, 6.07) is 10.2. The molecule has 1 atom stereocenters. The van der Waals surface area contributed by atoms with Gasteiger partial charge in [0.2, 0.25) is 0 Å². The number of aromatic amines is 1. The van der Waals surface area contributed by atoms with Crippen LogP contribution < -0.4 is 5.73 Å². The van der Waals surface area contributed by atoms with Crippen molar-refractivity contribution in [2.75, 3.05) is 6.54 Å². The SMILES string of the molecule is Cc1[nH]c2ccccc2c1C(CN)c1ccncn1. The molecule has 2 aromatic heterocycles. The van der Waals surface area contributed by atoms with Crippen LogP contribution in [0, 0.1) is 6.92 Å². The van der Waals surface area contributed by atoms with E-state index in [2.05, 4.69) is 34.0 Å². The number of benzene rings is 1. The number of aryl methyl sites for hydroxylation is 1. The van der Waals surface area contributed by atoms with Gasteiger partial charge in [-0.3, -0.25) is 0 Å². The molecule has 0 amide bonds. The normalized spacial score (nSPS) is 12.7. The first-order valence-electron chi connectivity index (χ1n) is 6.34. The zero-order valence-corrected chi connectivity index (χ0v) is 10.8. The van der Waals surface area contributed by atoms with Crippen molar-refractivity contribution in [2.45, 2.75) is 12.8 Å².